The molecule has 8 heteroatoms. The molecular weight excluding hydrogens is 418 g/mol. The summed E-state index contributed by atoms with van der Waals surface area (Å²) in [7, 11) is 0. The quantitative estimate of drug-likeness (QED) is 0.430. The standard InChI is InChI=1S/C25H25N5O3/c1-15(2)19-14-23(31)28-25(26-19)30-22(13-20(29-30)21-11-6-12-33-21)27-24(32)18-10-5-8-16-7-3-4-9-17(16)18/h3-13,15,19,25-26H,14H2,1-2H3,(H,27,32)(H,28,31). The smallest absolute Gasteiger partial charge is 0.257 e. The van der Waals surface area contributed by atoms with Gasteiger partial charge >= 0.3 is 0 Å². The Morgan fingerprint density at radius 1 is 1.15 bits per heavy atom. The number of hydrogen-bond donors (Lipinski definition) is 3. The summed E-state index contributed by atoms with van der Waals surface area (Å²) in [5.41, 5.74) is 1.11. The molecular formula is C25H25N5O3. The fourth-order valence-corrected chi connectivity index (χ4v) is 4.11. The van der Waals surface area contributed by atoms with E-state index in [0.717, 1.165) is 10.8 Å². The zero-order chi connectivity index (χ0) is 22.9. The Morgan fingerprint density at radius 3 is 2.76 bits per heavy atom. The van der Waals surface area contributed by atoms with Gasteiger partial charge in [0, 0.05) is 24.1 Å². The van der Waals surface area contributed by atoms with Crippen molar-refractivity contribution in [2.75, 3.05) is 5.32 Å². The third-order valence-corrected chi connectivity index (χ3v) is 5.91. The molecule has 33 heavy (non-hydrogen) atoms. The van der Waals surface area contributed by atoms with Gasteiger partial charge in [0.2, 0.25) is 5.91 Å². The summed E-state index contributed by atoms with van der Waals surface area (Å²) >= 11 is 0. The second-order valence-corrected chi connectivity index (χ2v) is 8.51. The van der Waals surface area contributed by atoms with E-state index in [1.807, 2.05) is 36.4 Å². The number of carbonyl (C=O) groups is 2. The summed E-state index contributed by atoms with van der Waals surface area (Å²) in [5, 5.41) is 15.8. The highest BCUT2D eigenvalue weighted by Crippen LogP contribution is 2.27. The van der Waals surface area contributed by atoms with Gasteiger partial charge in [-0.05, 0) is 34.9 Å². The van der Waals surface area contributed by atoms with Gasteiger partial charge in [0.05, 0.1) is 6.26 Å². The van der Waals surface area contributed by atoms with E-state index in [1.165, 1.54) is 0 Å². The molecule has 3 N–H and O–H groups in total. The van der Waals surface area contributed by atoms with Crippen LogP contribution in [0.4, 0.5) is 5.82 Å². The van der Waals surface area contributed by atoms with E-state index in [-0.39, 0.29) is 23.8 Å². The van der Waals surface area contributed by atoms with E-state index in [0.29, 0.717) is 29.3 Å². The molecule has 0 radical (unpaired) electrons. The zero-order valence-electron chi connectivity index (χ0n) is 18.4. The largest absolute Gasteiger partial charge is 0.463 e. The summed E-state index contributed by atoms with van der Waals surface area (Å²) in [6, 6.07) is 18.7. The van der Waals surface area contributed by atoms with Gasteiger partial charge in [-0.15, -0.1) is 0 Å². The van der Waals surface area contributed by atoms with Crippen molar-refractivity contribution < 1.29 is 14.0 Å². The maximum atomic E-state index is 13.3. The molecule has 3 heterocycles. The van der Waals surface area contributed by atoms with Gasteiger partial charge in [0.1, 0.15) is 11.5 Å². The van der Waals surface area contributed by atoms with Gasteiger partial charge < -0.3 is 15.1 Å². The highest BCUT2D eigenvalue weighted by atomic mass is 16.3. The van der Waals surface area contributed by atoms with Gasteiger partial charge in [0.15, 0.2) is 12.0 Å². The Morgan fingerprint density at radius 2 is 1.97 bits per heavy atom. The molecule has 1 saturated heterocycles. The molecule has 4 aromatic rings. The normalized spacial score (nSPS) is 18.5. The number of benzene rings is 2. The van der Waals surface area contributed by atoms with Crippen LogP contribution in [0.15, 0.2) is 71.3 Å². The topological polar surface area (TPSA) is 101 Å². The molecule has 5 rings (SSSR count). The number of rotatable bonds is 5. The van der Waals surface area contributed by atoms with Crippen LogP contribution in [-0.4, -0.2) is 27.6 Å². The van der Waals surface area contributed by atoms with Gasteiger partial charge in [0.25, 0.3) is 5.91 Å². The first-order chi connectivity index (χ1) is 16.0. The Balaban J connectivity index is 1.52. The fourth-order valence-electron chi connectivity index (χ4n) is 4.11. The van der Waals surface area contributed by atoms with Crippen molar-refractivity contribution in [3.8, 4) is 11.5 Å². The molecule has 1 fully saturated rings. The minimum atomic E-state index is -0.606. The Kier molecular flexibility index (Phi) is 5.43. The average molecular weight is 444 g/mol. The summed E-state index contributed by atoms with van der Waals surface area (Å²) in [5.74, 6) is 0.936. The van der Waals surface area contributed by atoms with Crippen LogP contribution in [0.25, 0.3) is 22.2 Å². The van der Waals surface area contributed by atoms with E-state index >= 15 is 0 Å². The number of nitrogens with zero attached hydrogens (tertiary/aromatic N) is 2. The van der Waals surface area contributed by atoms with Crippen LogP contribution in [0.2, 0.25) is 0 Å². The number of amides is 2. The van der Waals surface area contributed by atoms with Crippen molar-refractivity contribution in [3.05, 3.63) is 72.5 Å². The molecule has 168 valence electrons. The van der Waals surface area contributed by atoms with Crippen molar-refractivity contribution in [1.82, 2.24) is 20.4 Å². The molecule has 1 aliphatic rings. The lowest BCUT2D eigenvalue weighted by molar-refractivity contribution is -0.126. The van der Waals surface area contributed by atoms with Gasteiger partial charge in [-0.3, -0.25) is 14.9 Å². The van der Waals surface area contributed by atoms with Crippen molar-refractivity contribution >= 4 is 28.4 Å². The van der Waals surface area contributed by atoms with Crippen LogP contribution in [0.1, 0.15) is 36.9 Å². The monoisotopic (exact) mass is 443 g/mol. The number of furan rings is 1. The van der Waals surface area contributed by atoms with Crippen LogP contribution < -0.4 is 16.0 Å². The highest BCUT2D eigenvalue weighted by molar-refractivity contribution is 6.12. The minimum Gasteiger partial charge on any atom is -0.463 e. The second kappa shape index (κ2) is 8.55. The van der Waals surface area contributed by atoms with Crippen LogP contribution in [0, 0.1) is 5.92 Å². The van der Waals surface area contributed by atoms with Gasteiger partial charge in [-0.2, -0.15) is 5.10 Å². The Hall–Kier alpha value is -3.91. The number of anilines is 1. The van der Waals surface area contributed by atoms with Crippen LogP contribution >= 0.6 is 0 Å². The molecule has 2 unspecified atom stereocenters. The summed E-state index contributed by atoms with van der Waals surface area (Å²) in [6.07, 6.45) is 1.35. The first-order valence-corrected chi connectivity index (χ1v) is 11.0. The SMILES string of the molecule is CC(C)C1CC(=O)NC(n2nc(-c3ccco3)cc2NC(=O)c2cccc3ccccc23)N1. The number of fused-ring (bicyclic) bond motifs is 1. The number of aromatic nitrogens is 2. The third kappa shape index (κ3) is 4.12. The predicted molar refractivity (Wildman–Crippen MR) is 125 cm³/mol. The van der Waals surface area contributed by atoms with E-state index in [9.17, 15) is 9.59 Å². The number of hydrogen-bond acceptors (Lipinski definition) is 5. The summed E-state index contributed by atoms with van der Waals surface area (Å²) in [4.78, 5) is 25.7. The molecule has 2 atom stereocenters. The molecule has 0 bridgehead atoms. The third-order valence-electron chi connectivity index (χ3n) is 5.91. The van der Waals surface area contributed by atoms with Crippen molar-refractivity contribution in [3.63, 3.8) is 0 Å². The average Bonchev–Trinajstić information content (AvgIpc) is 3.48. The Labute approximate surface area is 191 Å². The van der Waals surface area contributed by atoms with E-state index in [4.69, 9.17) is 4.42 Å². The molecule has 2 aromatic carbocycles. The minimum absolute atomic E-state index is 0.0124. The van der Waals surface area contributed by atoms with Crippen molar-refractivity contribution in [2.45, 2.75) is 32.6 Å². The zero-order valence-corrected chi connectivity index (χ0v) is 18.4. The molecule has 0 saturated carbocycles. The van der Waals surface area contributed by atoms with E-state index in [1.54, 1.807) is 35.2 Å². The lowest BCUT2D eigenvalue weighted by Crippen LogP contribution is -2.55. The molecule has 8 nitrogen and oxygen atoms in total. The van der Waals surface area contributed by atoms with Crippen LogP contribution in [-0.2, 0) is 4.79 Å². The molecule has 2 amide bonds. The summed E-state index contributed by atoms with van der Waals surface area (Å²) in [6.45, 7) is 4.13. The molecule has 0 aliphatic carbocycles. The lowest BCUT2D eigenvalue weighted by atomic mass is 9.99. The van der Waals surface area contributed by atoms with E-state index in [2.05, 4.69) is 34.9 Å². The molecule has 1 aliphatic heterocycles. The van der Waals surface area contributed by atoms with Crippen LogP contribution in [0.3, 0.4) is 0 Å². The van der Waals surface area contributed by atoms with Crippen molar-refractivity contribution in [2.24, 2.45) is 5.92 Å². The molecule has 2 aromatic heterocycles. The van der Waals surface area contributed by atoms with E-state index < -0.39 is 6.29 Å². The number of carbonyl (C=O) groups excluding carboxylic acids is 2. The number of nitrogens with one attached hydrogen (secondary N) is 3. The fraction of sp³-hybridized carbons (Fsp3) is 0.240. The molecule has 0 spiro atoms. The summed E-state index contributed by atoms with van der Waals surface area (Å²) < 4.78 is 7.10. The van der Waals surface area contributed by atoms with Gasteiger partial charge in [-0.25, -0.2) is 4.68 Å². The lowest BCUT2D eigenvalue weighted by Gasteiger charge is -2.34. The second-order valence-electron chi connectivity index (χ2n) is 8.51. The van der Waals surface area contributed by atoms with Crippen LogP contribution in [0.5, 0.6) is 0 Å². The predicted octanol–water partition coefficient (Wildman–Crippen LogP) is 4.14. The first-order valence-electron chi connectivity index (χ1n) is 11.0. The maximum absolute atomic E-state index is 13.3. The van der Waals surface area contributed by atoms with Gasteiger partial charge in [-0.1, -0.05) is 50.2 Å². The Bertz CT molecular complexity index is 1300. The van der Waals surface area contributed by atoms with Crippen molar-refractivity contribution in [1.29, 1.82) is 0 Å². The first kappa shape index (κ1) is 21.0. The maximum Gasteiger partial charge on any atom is 0.257 e. The highest BCUT2D eigenvalue weighted by Gasteiger charge is 2.31.